The van der Waals surface area contributed by atoms with Gasteiger partial charge in [0.1, 0.15) is 11.5 Å². The Labute approximate surface area is 184 Å². The average molecular weight is 432 g/mol. The second-order valence-electron chi connectivity index (χ2n) is 6.48. The minimum Gasteiger partial charge on any atom is -0.508 e. The Balaban J connectivity index is 1.63. The SMILES string of the molecule is COc1cc(/C=N/NC(=O)c2ccc(O)cc2O)ccc1OC(=O)/C=C/c1ccccc1. The van der Waals surface area contributed by atoms with Crippen molar-refractivity contribution in [3.63, 3.8) is 0 Å². The molecule has 0 atom stereocenters. The highest BCUT2D eigenvalue weighted by atomic mass is 16.6. The van der Waals surface area contributed by atoms with Crippen molar-refractivity contribution < 1.29 is 29.3 Å². The van der Waals surface area contributed by atoms with Gasteiger partial charge in [-0.15, -0.1) is 0 Å². The van der Waals surface area contributed by atoms with Crippen LogP contribution in [0.15, 0.2) is 77.9 Å². The summed E-state index contributed by atoms with van der Waals surface area (Å²) in [6, 6.07) is 17.7. The number of aromatic hydroxyl groups is 2. The van der Waals surface area contributed by atoms with Gasteiger partial charge in [0, 0.05) is 12.1 Å². The molecular formula is C24H20N2O6. The summed E-state index contributed by atoms with van der Waals surface area (Å²) in [6.07, 6.45) is 4.32. The van der Waals surface area contributed by atoms with Crippen molar-refractivity contribution in [3.8, 4) is 23.0 Å². The second-order valence-corrected chi connectivity index (χ2v) is 6.48. The molecule has 3 rings (SSSR count). The van der Waals surface area contributed by atoms with Crippen molar-refractivity contribution in [2.45, 2.75) is 0 Å². The number of ether oxygens (including phenoxy) is 2. The minimum atomic E-state index is -0.651. The molecule has 1 amide bonds. The predicted molar refractivity (Wildman–Crippen MR) is 119 cm³/mol. The van der Waals surface area contributed by atoms with Gasteiger partial charge in [0.25, 0.3) is 5.91 Å². The lowest BCUT2D eigenvalue weighted by Crippen LogP contribution is -2.17. The number of nitrogens with zero attached hydrogens (tertiary/aromatic N) is 1. The van der Waals surface area contributed by atoms with E-state index in [1.165, 1.54) is 31.5 Å². The third-order valence-corrected chi connectivity index (χ3v) is 4.22. The van der Waals surface area contributed by atoms with Gasteiger partial charge in [-0.1, -0.05) is 30.3 Å². The number of carbonyl (C=O) groups excluding carboxylic acids is 2. The van der Waals surface area contributed by atoms with Gasteiger partial charge in [0.2, 0.25) is 0 Å². The van der Waals surface area contributed by atoms with E-state index in [0.717, 1.165) is 11.6 Å². The van der Waals surface area contributed by atoms with Crippen LogP contribution in [0.25, 0.3) is 6.08 Å². The number of methoxy groups -OCH3 is 1. The number of carbonyl (C=O) groups is 2. The standard InChI is InChI=1S/C24H20N2O6/c1-31-22-13-17(15-25-26-24(30)19-10-9-18(27)14-20(19)28)7-11-21(22)32-23(29)12-8-16-5-3-2-4-6-16/h2-15,27-28H,1H3,(H,26,30)/b12-8+,25-15+. The number of rotatable bonds is 7. The Kier molecular flexibility index (Phi) is 7.21. The minimum absolute atomic E-state index is 0.0386. The molecule has 3 aromatic carbocycles. The van der Waals surface area contributed by atoms with E-state index in [4.69, 9.17) is 9.47 Å². The van der Waals surface area contributed by atoms with Crippen LogP contribution >= 0.6 is 0 Å². The number of esters is 1. The van der Waals surface area contributed by atoms with E-state index in [9.17, 15) is 19.8 Å². The molecule has 3 aromatic rings. The third-order valence-electron chi connectivity index (χ3n) is 4.22. The Bertz CT molecular complexity index is 1170. The molecule has 8 nitrogen and oxygen atoms in total. The van der Waals surface area contributed by atoms with Gasteiger partial charge in [0.15, 0.2) is 11.5 Å². The maximum atomic E-state index is 12.1. The molecule has 3 N–H and O–H groups in total. The first-order chi connectivity index (χ1) is 15.5. The van der Waals surface area contributed by atoms with Gasteiger partial charge in [-0.05, 0) is 47.5 Å². The quantitative estimate of drug-likeness (QED) is 0.173. The van der Waals surface area contributed by atoms with Crippen LogP contribution in [-0.4, -0.2) is 35.4 Å². The van der Waals surface area contributed by atoms with Crippen molar-refractivity contribution in [1.82, 2.24) is 5.43 Å². The molecular weight excluding hydrogens is 412 g/mol. The first-order valence-corrected chi connectivity index (χ1v) is 9.44. The summed E-state index contributed by atoms with van der Waals surface area (Å²) in [6.45, 7) is 0. The normalized spacial score (nSPS) is 10.9. The number of nitrogens with one attached hydrogen (secondary N) is 1. The van der Waals surface area contributed by atoms with Crippen LogP contribution in [0.2, 0.25) is 0 Å². The summed E-state index contributed by atoms with van der Waals surface area (Å²) in [5.41, 5.74) is 3.67. The van der Waals surface area contributed by atoms with E-state index in [2.05, 4.69) is 10.5 Å². The Morgan fingerprint density at radius 2 is 1.72 bits per heavy atom. The zero-order chi connectivity index (χ0) is 22.9. The molecule has 0 unspecified atom stereocenters. The highest BCUT2D eigenvalue weighted by Gasteiger charge is 2.11. The van der Waals surface area contributed by atoms with Gasteiger partial charge in [-0.2, -0.15) is 5.10 Å². The summed E-state index contributed by atoms with van der Waals surface area (Å²) in [4.78, 5) is 24.2. The van der Waals surface area contributed by atoms with Crippen molar-refractivity contribution in [2.75, 3.05) is 7.11 Å². The zero-order valence-corrected chi connectivity index (χ0v) is 17.1. The fourth-order valence-corrected chi connectivity index (χ4v) is 2.66. The predicted octanol–water partition coefficient (Wildman–Crippen LogP) is 3.49. The van der Waals surface area contributed by atoms with Gasteiger partial charge in [-0.3, -0.25) is 4.79 Å². The zero-order valence-electron chi connectivity index (χ0n) is 17.1. The molecule has 0 aromatic heterocycles. The number of phenols is 2. The average Bonchev–Trinajstić information content (AvgIpc) is 2.79. The molecule has 0 radical (unpaired) electrons. The number of hydrazone groups is 1. The number of amides is 1. The van der Waals surface area contributed by atoms with Gasteiger partial charge in [0.05, 0.1) is 18.9 Å². The van der Waals surface area contributed by atoms with Crippen LogP contribution in [0, 0.1) is 0 Å². The van der Waals surface area contributed by atoms with Crippen molar-refractivity contribution >= 4 is 24.2 Å². The van der Waals surface area contributed by atoms with E-state index in [-0.39, 0.29) is 22.8 Å². The van der Waals surface area contributed by atoms with Crippen molar-refractivity contribution in [1.29, 1.82) is 0 Å². The molecule has 0 aliphatic heterocycles. The molecule has 32 heavy (non-hydrogen) atoms. The Morgan fingerprint density at radius 3 is 2.44 bits per heavy atom. The van der Waals surface area contributed by atoms with Crippen LogP contribution in [0.3, 0.4) is 0 Å². The summed E-state index contributed by atoms with van der Waals surface area (Å²) < 4.78 is 10.6. The molecule has 162 valence electrons. The molecule has 0 saturated carbocycles. The second kappa shape index (κ2) is 10.4. The summed E-state index contributed by atoms with van der Waals surface area (Å²) in [5, 5.41) is 22.8. The van der Waals surface area contributed by atoms with Crippen LogP contribution < -0.4 is 14.9 Å². The highest BCUT2D eigenvalue weighted by Crippen LogP contribution is 2.28. The molecule has 0 aliphatic rings. The van der Waals surface area contributed by atoms with E-state index in [0.29, 0.717) is 11.3 Å². The van der Waals surface area contributed by atoms with Crippen LogP contribution in [-0.2, 0) is 4.79 Å². The summed E-state index contributed by atoms with van der Waals surface area (Å²) >= 11 is 0. The number of benzene rings is 3. The number of hydrogen-bond acceptors (Lipinski definition) is 7. The van der Waals surface area contributed by atoms with Gasteiger partial charge >= 0.3 is 5.97 Å². The third kappa shape index (κ3) is 5.96. The lowest BCUT2D eigenvalue weighted by molar-refractivity contribution is -0.129. The fraction of sp³-hybridized carbons (Fsp3) is 0.0417. The molecule has 0 aliphatic carbocycles. The summed E-state index contributed by atoms with van der Waals surface area (Å²) in [5.74, 6) is -1.21. The lowest BCUT2D eigenvalue weighted by Gasteiger charge is -2.08. The van der Waals surface area contributed by atoms with Crippen LogP contribution in [0.1, 0.15) is 21.5 Å². The molecule has 0 bridgehead atoms. The van der Waals surface area contributed by atoms with Gasteiger partial charge < -0.3 is 19.7 Å². The lowest BCUT2D eigenvalue weighted by atomic mass is 10.2. The van der Waals surface area contributed by atoms with E-state index in [1.54, 1.807) is 24.3 Å². The molecule has 0 spiro atoms. The highest BCUT2D eigenvalue weighted by molar-refractivity contribution is 5.97. The van der Waals surface area contributed by atoms with Crippen molar-refractivity contribution in [2.24, 2.45) is 5.10 Å². The largest absolute Gasteiger partial charge is 0.508 e. The van der Waals surface area contributed by atoms with Crippen LogP contribution in [0.4, 0.5) is 0 Å². The topological polar surface area (TPSA) is 117 Å². The summed E-state index contributed by atoms with van der Waals surface area (Å²) in [7, 11) is 1.43. The number of phenolic OH excluding ortho intramolecular Hbond substituents is 2. The Hall–Kier alpha value is -4.59. The first kappa shape index (κ1) is 22.1. The van der Waals surface area contributed by atoms with E-state index in [1.807, 2.05) is 30.3 Å². The van der Waals surface area contributed by atoms with Crippen LogP contribution in [0.5, 0.6) is 23.0 Å². The maximum absolute atomic E-state index is 12.1. The monoisotopic (exact) mass is 432 g/mol. The Morgan fingerprint density at radius 1 is 0.938 bits per heavy atom. The number of hydrogen-bond donors (Lipinski definition) is 3. The smallest absolute Gasteiger partial charge is 0.336 e. The van der Waals surface area contributed by atoms with Crippen molar-refractivity contribution in [3.05, 3.63) is 89.5 Å². The van der Waals surface area contributed by atoms with E-state index >= 15 is 0 Å². The van der Waals surface area contributed by atoms with Gasteiger partial charge in [-0.25, -0.2) is 10.2 Å². The molecule has 0 heterocycles. The first-order valence-electron chi connectivity index (χ1n) is 9.44. The molecule has 0 fully saturated rings. The molecule has 0 saturated heterocycles. The fourth-order valence-electron chi connectivity index (χ4n) is 2.66. The maximum Gasteiger partial charge on any atom is 0.336 e. The van der Waals surface area contributed by atoms with E-state index < -0.39 is 11.9 Å². The molecule has 8 heteroatoms.